The van der Waals surface area contributed by atoms with Gasteiger partial charge < -0.3 is 4.90 Å². The van der Waals surface area contributed by atoms with Gasteiger partial charge in [-0.15, -0.1) is 6.58 Å². The predicted octanol–water partition coefficient (Wildman–Crippen LogP) is 3.70. The quantitative estimate of drug-likeness (QED) is 0.689. The molecule has 0 spiro atoms. The number of benzene rings is 1. The number of hydrogen-bond acceptors (Lipinski definition) is 3. The Morgan fingerprint density at radius 3 is 2.46 bits per heavy atom. The minimum atomic E-state index is -3.70. The van der Waals surface area contributed by atoms with Gasteiger partial charge >= 0.3 is 0 Å². The molecule has 0 N–H and O–H groups in total. The van der Waals surface area contributed by atoms with Crippen molar-refractivity contribution in [1.82, 2.24) is 9.21 Å². The lowest BCUT2D eigenvalue weighted by Gasteiger charge is -2.23. The second kappa shape index (κ2) is 8.11. The third kappa shape index (κ3) is 4.13. The van der Waals surface area contributed by atoms with E-state index in [1.54, 1.807) is 17.0 Å². The molecule has 0 radical (unpaired) electrons. The molecule has 26 heavy (non-hydrogen) atoms. The van der Waals surface area contributed by atoms with E-state index in [4.69, 9.17) is 11.6 Å². The smallest absolute Gasteiger partial charge is 0.254 e. The molecule has 5 nitrogen and oxygen atoms in total. The number of sulfonamides is 1. The molecule has 1 aliphatic carbocycles. The molecule has 1 heterocycles. The second-order valence-electron chi connectivity index (χ2n) is 6.94. The third-order valence-corrected chi connectivity index (χ3v) is 7.32. The van der Waals surface area contributed by atoms with Crippen LogP contribution in [0.15, 0.2) is 35.7 Å². The van der Waals surface area contributed by atoms with E-state index in [1.807, 2.05) is 0 Å². The molecule has 1 saturated heterocycles. The van der Waals surface area contributed by atoms with Crippen LogP contribution in [0.1, 0.15) is 48.9 Å². The van der Waals surface area contributed by atoms with E-state index in [1.165, 1.54) is 16.4 Å². The largest absolute Gasteiger partial charge is 0.332 e. The van der Waals surface area contributed by atoms with Crippen molar-refractivity contribution in [2.24, 2.45) is 0 Å². The molecule has 2 aliphatic rings. The first-order valence-corrected chi connectivity index (χ1v) is 11.0. The normalized spacial score (nSPS) is 19.0. The van der Waals surface area contributed by atoms with Crippen molar-refractivity contribution < 1.29 is 13.2 Å². The van der Waals surface area contributed by atoms with Crippen LogP contribution in [0.4, 0.5) is 0 Å². The minimum Gasteiger partial charge on any atom is -0.332 e. The Hall–Kier alpha value is -1.37. The lowest BCUT2D eigenvalue weighted by molar-refractivity contribution is 0.0762. The van der Waals surface area contributed by atoms with Gasteiger partial charge in [0.15, 0.2) is 0 Å². The molecule has 0 atom stereocenters. The summed E-state index contributed by atoms with van der Waals surface area (Å²) < 4.78 is 27.7. The Kier molecular flexibility index (Phi) is 6.05. The Bertz CT molecular complexity index is 782. The summed E-state index contributed by atoms with van der Waals surface area (Å²) in [5, 5.41) is 0.160. The van der Waals surface area contributed by atoms with Crippen molar-refractivity contribution in [1.29, 1.82) is 0 Å². The van der Waals surface area contributed by atoms with Crippen molar-refractivity contribution in [2.45, 2.75) is 49.5 Å². The summed E-state index contributed by atoms with van der Waals surface area (Å²) in [6, 6.07) is 4.77. The molecule has 0 unspecified atom stereocenters. The van der Waals surface area contributed by atoms with E-state index in [9.17, 15) is 13.2 Å². The fourth-order valence-electron chi connectivity index (χ4n) is 3.34. The van der Waals surface area contributed by atoms with E-state index >= 15 is 0 Å². The Morgan fingerprint density at radius 1 is 1.23 bits per heavy atom. The highest BCUT2D eigenvalue weighted by Crippen LogP contribution is 2.31. The van der Waals surface area contributed by atoms with Crippen molar-refractivity contribution in [3.05, 3.63) is 41.4 Å². The van der Waals surface area contributed by atoms with Crippen LogP contribution in [0.25, 0.3) is 0 Å². The average molecular weight is 397 g/mol. The number of rotatable bonds is 6. The zero-order valence-corrected chi connectivity index (χ0v) is 16.4. The maximum Gasteiger partial charge on any atom is 0.254 e. The molecule has 142 valence electrons. The zero-order valence-electron chi connectivity index (χ0n) is 14.9. The Balaban J connectivity index is 1.91. The van der Waals surface area contributed by atoms with Crippen molar-refractivity contribution >= 4 is 27.5 Å². The summed E-state index contributed by atoms with van der Waals surface area (Å²) in [5.74, 6) is -0.170. The highest BCUT2D eigenvalue weighted by atomic mass is 35.5. The Labute approximate surface area is 160 Å². The van der Waals surface area contributed by atoms with Gasteiger partial charge in [0.2, 0.25) is 10.0 Å². The van der Waals surface area contributed by atoms with Crippen molar-refractivity contribution in [3.63, 3.8) is 0 Å². The number of amides is 1. The van der Waals surface area contributed by atoms with Gasteiger partial charge in [0.05, 0.1) is 5.02 Å². The maximum atomic E-state index is 13.1. The molecule has 1 saturated carbocycles. The molecule has 1 amide bonds. The highest BCUT2D eigenvalue weighted by Gasteiger charge is 2.33. The molecule has 1 aromatic carbocycles. The van der Waals surface area contributed by atoms with Crippen LogP contribution in [0.5, 0.6) is 0 Å². The number of carbonyl (C=O) groups excluding carboxylic acids is 1. The van der Waals surface area contributed by atoms with Gasteiger partial charge in [0, 0.05) is 31.2 Å². The molecule has 7 heteroatoms. The maximum absolute atomic E-state index is 13.1. The van der Waals surface area contributed by atoms with Crippen molar-refractivity contribution in [3.8, 4) is 0 Å². The molecule has 1 aliphatic heterocycles. The predicted molar refractivity (Wildman–Crippen MR) is 103 cm³/mol. The van der Waals surface area contributed by atoms with Crippen LogP contribution < -0.4 is 0 Å². The molecular weight excluding hydrogens is 372 g/mol. The summed E-state index contributed by atoms with van der Waals surface area (Å²) >= 11 is 6.21. The summed E-state index contributed by atoms with van der Waals surface area (Å²) in [7, 11) is -3.70. The Morgan fingerprint density at radius 2 is 1.88 bits per heavy atom. The van der Waals surface area contributed by atoms with Gasteiger partial charge in [-0.2, -0.15) is 4.31 Å². The monoisotopic (exact) mass is 396 g/mol. The second-order valence-corrected chi connectivity index (χ2v) is 9.25. The van der Waals surface area contributed by atoms with E-state index < -0.39 is 10.0 Å². The van der Waals surface area contributed by atoms with Gasteiger partial charge in [0.25, 0.3) is 5.91 Å². The van der Waals surface area contributed by atoms with Crippen LogP contribution in [-0.4, -0.2) is 49.2 Å². The first-order chi connectivity index (χ1) is 12.4. The average Bonchev–Trinajstić information content (AvgIpc) is 3.45. The summed E-state index contributed by atoms with van der Waals surface area (Å²) in [6.07, 6.45) is 7.43. The van der Waals surface area contributed by atoms with Gasteiger partial charge in [-0.25, -0.2) is 8.42 Å². The third-order valence-electron chi connectivity index (χ3n) is 4.94. The van der Waals surface area contributed by atoms with Crippen molar-refractivity contribution in [2.75, 3.05) is 19.6 Å². The molecular formula is C19H25ClN2O3S. The zero-order chi connectivity index (χ0) is 18.7. The van der Waals surface area contributed by atoms with Gasteiger partial charge in [0.1, 0.15) is 4.90 Å². The van der Waals surface area contributed by atoms with Gasteiger partial charge in [-0.1, -0.05) is 30.5 Å². The lowest BCUT2D eigenvalue weighted by atomic mass is 10.2. The van der Waals surface area contributed by atoms with Gasteiger partial charge in [-0.3, -0.25) is 4.79 Å². The van der Waals surface area contributed by atoms with Crippen LogP contribution in [0, 0.1) is 0 Å². The van der Waals surface area contributed by atoms with E-state index in [0.717, 1.165) is 38.5 Å². The standard InChI is InChI=1S/C19H25ClN2O3S/c1-2-11-22(16-8-9-16)19(23)15-7-10-17(20)18(14-15)26(24,25)21-12-5-3-4-6-13-21/h2,7,10,14,16H,1,3-6,8-9,11-13H2. The number of hydrogen-bond donors (Lipinski definition) is 0. The van der Waals surface area contributed by atoms with Crippen LogP contribution in [0.2, 0.25) is 5.02 Å². The fraction of sp³-hybridized carbons (Fsp3) is 0.526. The van der Waals surface area contributed by atoms with E-state index in [-0.39, 0.29) is 21.9 Å². The molecule has 3 rings (SSSR count). The topological polar surface area (TPSA) is 57.7 Å². The van der Waals surface area contributed by atoms with Gasteiger partial charge in [-0.05, 0) is 43.9 Å². The molecule has 0 aromatic heterocycles. The summed E-state index contributed by atoms with van der Waals surface area (Å²) in [5.41, 5.74) is 0.358. The fourth-order valence-corrected chi connectivity index (χ4v) is 5.36. The SMILES string of the molecule is C=CCN(C(=O)c1ccc(Cl)c(S(=O)(=O)N2CCCCCC2)c1)C1CC1. The number of halogens is 1. The number of carbonyl (C=O) groups is 1. The summed E-state index contributed by atoms with van der Waals surface area (Å²) in [4.78, 5) is 14.6. The highest BCUT2D eigenvalue weighted by molar-refractivity contribution is 7.89. The minimum absolute atomic E-state index is 0.0290. The molecule has 2 fully saturated rings. The molecule has 1 aromatic rings. The lowest BCUT2D eigenvalue weighted by Crippen LogP contribution is -2.34. The van der Waals surface area contributed by atoms with Crippen LogP contribution in [0.3, 0.4) is 0 Å². The first kappa shape index (κ1) is 19.4. The van der Waals surface area contributed by atoms with E-state index in [2.05, 4.69) is 6.58 Å². The van der Waals surface area contributed by atoms with Crippen LogP contribution >= 0.6 is 11.6 Å². The van der Waals surface area contributed by atoms with Crippen LogP contribution in [-0.2, 0) is 10.0 Å². The van der Waals surface area contributed by atoms with E-state index in [0.29, 0.717) is 25.2 Å². The summed E-state index contributed by atoms with van der Waals surface area (Å²) in [6.45, 7) is 5.17. The molecule has 0 bridgehead atoms. The first-order valence-electron chi connectivity index (χ1n) is 9.16. The number of nitrogens with zero attached hydrogens (tertiary/aromatic N) is 2.